The van der Waals surface area contributed by atoms with E-state index in [1.54, 1.807) is 0 Å². The van der Waals surface area contributed by atoms with Crippen LogP contribution in [0.25, 0.3) is 0 Å². The minimum Gasteiger partial charge on any atom is -0.439 e. The molecular weight excluding hydrogens is 224 g/mol. The number of benzene rings is 1. The highest BCUT2D eigenvalue weighted by atomic mass is 16.6. The van der Waals surface area contributed by atoms with Crippen molar-refractivity contribution >= 4 is 6.09 Å². The Bertz CT molecular complexity index is 364. The van der Waals surface area contributed by atoms with Crippen LogP contribution in [0, 0.1) is 10.1 Å². The molecule has 0 bridgehead atoms. The Hall–Kier alpha value is -2.11. The van der Waals surface area contributed by atoms with Gasteiger partial charge in [-0.3, -0.25) is 10.1 Å². The minimum atomic E-state index is -0.982. The second-order valence-electron chi connectivity index (χ2n) is 3.60. The van der Waals surface area contributed by atoms with E-state index < -0.39 is 23.7 Å². The van der Waals surface area contributed by atoms with E-state index in [1.165, 1.54) is 0 Å². The van der Waals surface area contributed by atoms with Crippen molar-refractivity contribution < 1.29 is 14.5 Å². The zero-order valence-corrected chi connectivity index (χ0v) is 9.24. The van der Waals surface area contributed by atoms with Crippen LogP contribution >= 0.6 is 0 Å². The fourth-order valence-electron chi connectivity index (χ4n) is 1.49. The molecule has 2 N–H and O–H groups in total. The van der Waals surface area contributed by atoms with E-state index in [4.69, 9.17) is 5.73 Å². The summed E-state index contributed by atoms with van der Waals surface area (Å²) >= 11 is 0. The predicted octanol–water partition coefficient (Wildman–Crippen LogP) is 1.36. The number of hydrogen-bond donors (Lipinski definition) is 1. The molecule has 0 saturated heterocycles. The molecule has 1 aromatic rings. The smallest absolute Gasteiger partial charge is 0.405 e. The molecule has 1 unspecified atom stereocenters. The van der Waals surface area contributed by atoms with Crippen molar-refractivity contribution in [1.82, 2.24) is 0 Å². The predicted molar refractivity (Wildman–Crippen MR) is 61.1 cm³/mol. The number of hydrogen-bond acceptors (Lipinski definition) is 4. The highest BCUT2D eigenvalue weighted by Crippen LogP contribution is 2.07. The molecule has 0 aromatic heterocycles. The second-order valence-corrected chi connectivity index (χ2v) is 3.60. The Balaban J connectivity index is 2.48. The van der Waals surface area contributed by atoms with Gasteiger partial charge in [-0.2, -0.15) is 0 Å². The Morgan fingerprint density at radius 1 is 1.41 bits per heavy atom. The molecule has 6 nitrogen and oxygen atoms in total. The number of carbonyl (C=O) groups excluding carboxylic acids is 1. The highest BCUT2D eigenvalue weighted by molar-refractivity contribution is 5.64. The Labute approximate surface area is 98.5 Å². The topological polar surface area (TPSA) is 95.5 Å². The van der Waals surface area contributed by atoms with Gasteiger partial charge in [0.2, 0.25) is 6.54 Å². The van der Waals surface area contributed by atoms with Crippen LogP contribution in [0.15, 0.2) is 30.3 Å². The fourth-order valence-corrected chi connectivity index (χ4v) is 1.49. The van der Waals surface area contributed by atoms with E-state index in [0.717, 1.165) is 5.56 Å². The molecule has 0 aliphatic heterocycles. The average Bonchev–Trinajstić information content (AvgIpc) is 2.26. The van der Waals surface area contributed by atoms with Gasteiger partial charge in [-0.05, 0) is 18.4 Å². The van der Waals surface area contributed by atoms with Gasteiger partial charge in [-0.25, -0.2) is 4.79 Å². The highest BCUT2D eigenvalue weighted by Gasteiger charge is 2.18. The van der Waals surface area contributed by atoms with Crippen molar-refractivity contribution in [2.24, 2.45) is 5.73 Å². The van der Waals surface area contributed by atoms with Crippen LogP contribution in [-0.4, -0.2) is 23.7 Å². The number of nitro groups is 1. The van der Waals surface area contributed by atoms with Gasteiger partial charge in [0.25, 0.3) is 0 Å². The summed E-state index contributed by atoms with van der Waals surface area (Å²) in [6.07, 6.45) is -0.770. The maximum Gasteiger partial charge on any atom is 0.405 e. The lowest BCUT2D eigenvalue weighted by molar-refractivity contribution is -0.489. The summed E-state index contributed by atoms with van der Waals surface area (Å²) in [4.78, 5) is 20.4. The maximum absolute atomic E-state index is 10.6. The molecule has 0 spiro atoms. The van der Waals surface area contributed by atoms with Gasteiger partial charge < -0.3 is 10.5 Å². The van der Waals surface area contributed by atoms with Gasteiger partial charge in [0.15, 0.2) is 6.10 Å². The maximum atomic E-state index is 10.6. The first-order valence-electron chi connectivity index (χ1n) is 5.19. The summed E-state index contributed by atoms with van der Waals surface area (Å²) in [6.45, 7) is -0.421. The molecule has 1 atom stereocenters. The monoisotopic (exact) mass is 238 g/mol. The first kappa shape index (κ1) is 13.0. The zero-order chi connectivity index (χ0) is 12.7. The molecule has 0 radical (unpaired) electrons. The van der Waals surface area contributed by atoms with E-state index in [0.29, 0.717) is 12.8 Å². The van der Waals surface area contributed by atoms with Gasteiger partial charge >= 0.3 is 6.09 Å². The van der Waals surface area contributed by atoms with Gasteiger partial charge in [0.1, 0.15) is 0 Å². The summed E-state index contributed by atoms with van der Waals surface area (Å²) in [5, 5.41) is 10.4. The van der Waals surface area contributed by atoms with Crippen molar-refractivity contribution in [2.45, 2.75) is 18.9 Å². The number of nitrogens with zero attached hydrogens (tertiary/aromatic N) is 1. The fraction of sp³-hybridized carbons (Fsp3) is 0.364. The SMILES string of the molecule is NC(=O)OC(CCc1ccccc1)C[N+](=O)[O-]. The molecule has 1 amide bonds. The molecule has 0 heterocycles. The summed E-state index contributed by atoms with van der Waals surface area (Å²) in [5.41, 5.74) is 5.89. The second kappa shape index (κ2) is 6.47. The molecule has 1 aromatic carbocycles. The molecule has 0 saturated carbocycles. The lowest BCUT2D eigenvalue weighted by atomic mass is 10.1. The molecule has 17 heavy (non-hydrogen) atoms. The number of ether oxygens (including phenoxy) is 1. The standard InChI is InChI=1S/C11H14N2O4/c12-11(14)17-10(8-13(15)16)7-6-9-4-2-1-3-5-9/h1-5,10H,6-8H2,(H2,12,14). The third-order valence-electron chi connectivity index (χ3n) is 2.23. The van der Waals surface area contributed by atoms with Crippen LogP contribution in [0.3, 0.4) is 0 Å². The molecule has 1 rings (SSSR count). The van der Waals surface area contributed by atoms with Crippen molar-refractivity contribution in [1.29, 1.82) is 0 Å². The number of nitrogens with two attached hydrogens (primary N) is 1. The average molecular weight is 238 g/mol. The molecule has 92 valence electrons. The summed E-state index contributed by atoms with van der Waals surface area (Å²) in [6, 6.07) is 9.47. The van der Waals surface area contributed by atoms with Gasteiger partial charge in [-0.15, -0.1) is 0 Å². The number of carbonyl (C=O) groups is 1. The molecule has 0 fully saturated rings. The van der Waals surface area contributed by atoms with E-state index in [-0.39, 0.29) is 0 Å². The molecular formula is C11H14N2O4. The summed E-state index contributed by atoms with van der Waals surface area (Å²) in [5.74, 6) is 0. The van der Waals surface area contributed by atoms with Crippen molar-refractivity contribution in [2.75, 3.05) is 6.54 Å². The normalized spacial score (nSPS) is 11.8. The van der Waals surface area contributed by atoms with Crippen molar-refractivity contribution in [3.63, 3.8) is 0 Å². The quantitative estimate of drug-likeness (QED) is 0.597. The zero-order valence-electron chi connectivity index (χ0n) is 9.24. The van der Waals surface area contributed by atoms with Crippen LogP contribution in [0.2, 0.25) is 0 Å². The Morgan fingerprint density at radius 2 is 2.06 bits per heavy atom. The van der Waals surface area contributed by atoms with Gasteiger partial charge in [0.05, 0.1) is 0 Å². The third-order valence-corrected chi connectivity index (χ3v) is 2.23. The lowest BCUT2D eigenvalue weighted by Gasteiger charge is -2.12. The molecule has 6 heteroatoms. The largest absolute Gasteiger partial charge is 0.439 e. The molecule has 0 aliphatic rings. The minimum absolute atomic E-state index is 0.383. The number of aryl methyl sites for hydroxylation is 1. The summed E-state index contributed by atoms with van der Waals surface area (Å²) < 4.78 is 4.68. The Morgan fingerprint density at radius 3 is 2.59 bits per heavy atom. The Kier molecular flexibility index (Phi) is 4.93. The van der Waals surface area contributed by atoms with E-state index in [1.807, 2.05) is 30.3 Å². The van der Waals surface area contributed by atoms with Crippen LogP contribution < -0.4 is 5.73 Å². The van der Waals surface area contributed by atoms with Crippen LogP contribution in [-0.2, 0) is 11.2 Å². The van der Waals surface area contributed by atoms with E-state index >= 15 is 0 Å². The van der Waals surface area contributed by atoms with Crippen molar-refractivity contribution in [3.05, 3.63) is 46.0 Å². The van der Waals surface area contributed by atoms with E-state index in [9.17, 15) is 14.9 Å². The van der Waals surface area contributed by atoms with Crippen molar-refractivity contribution in [3.8, 4) is 0 Å². The number of rotatable bonds is 6. The van der Waals surface area contributed by atoms with Gasteiger partial charge in [0, 0.05) is 4.92 Å². The first-order valence-corrected chi connectivity index (χ1v) is 5.19. The number of amides is 1. The van der Waals surface area contributed by atoms with E-state index in [2.05, 4.69) is 4.74 Å². The van der Waals surface area contributed by atoms with Gasteiger partial charge in [-0.1, -0.05) is 30.3 Å². The third kappa shape index (κ3) is 5.50. The van der Waals surface area contributed by atoms with Crippen LogP contribution in [0.5, 0.6) is 0 Å². The number of primary amides is 1. The van der Waals surface area contributed by atoms with Crippen LogP contribution in [0.1, 0.15) is 12.0 Å². The first-order chi connectivity index (χ1) is 8.08. The molecule has 0 aliphatic carbocycles. The lowest BCUT2D eigenvalue weighted by Crippen LogP contribution is -2.29. The van der Waals surface area contributed by atoms with Crippen LogP contribution in [0.4, 0.5) is 4.79 Å². The summed E-state index contributed by atoms with van der Waals surface area (Å²) in [7, 11) is 0.